The second-order valence-electron chi connectivity index (χ2n) is 13.4. The van der Waals surface area contributed by atoms with E-state index in [4.69, 9.17) is 11.5 Å². The van der Waals surface area contributed by atoms with E-state index < -0.39 is 12.1 Å². The monoisotopic (exact) mass is 622 g/mol. The first-order valence-corrected chi connectivity index (χ1v) is 16.6. The number of aromatic nitrogens is 4. The molecule has 4 atom stereocenters. The molecule has 0 unspecified atom stereocenters. The predicted molar refractivity (Wildman–Crippen MR) is 180 cm³/mol. The summed E-state index contributed by atoms with van der Waals surface area (Å²) in [5.41, 5.74) is 18.5. The maximum atomic E-state index is 13.0. The Balaban J connectivity index is 1.12. The van der Waals surface area contributed by atoms with Gasteiger partial charge in [-0.3, -0.25) is 9.59 Å². The van der Waals surface area contributed by atoms with Crippen molar-refractivity contribution in [2.45, 2.75) is 77.5 Å². The molecule has 10 nitrogen and oxygen atoms in total. The number of nitrogens with one attached hydrogen (secondary N) is 2. The average molecular weight is 623 g/mol. The first-order valence-electron chi connectivity index (χ1n) is 16.6. The normalized spacial score (nSPS) is 19.7. The highest BCUT2D eigenvalue weighted by Crippen LogP contribution is 2.34. The minimum absolute atomic E-state index is 0.00181. The van der Waals surface area contributed by atoms with Crippen molar-refractivity contribution in [2.24, 2.45) is 23.3 Å². The minimum Gasteiger partial charge on any atom is -0.340 e. The first kappa shape index (κ1) is 31.7. The zero-order valence-corrected chi connectivity index (χ0v) is 27.2. The van der Waals surface area contributed by atoms with Gasteiger partial charge >= 0.3 is 0 Å². The summed E-state index contributed by atoms with van der Waals surface area (Å²) in [6.07, 6.45) is 7.34. The fourth-order valence-electron chi connectivity index (χ4n) is 6.57. The van der Waals surface area contributed by atoms with E-state index in [1.165, 1.54) is 0 Å². The van der Waals surface area contributed by atoms with E-state index >= 15 is 0 Å². The standard InChI is InChI=1S/C36H46N8O2/c1-21(2)31(37)35(45)43-17-5-7-29(43)33-39-19-27(41-33)25-13-9-23(10-14-25)24-11-15-26(16-12-24)28-20-40-34(42-28)30-8-6-18-44(30)36(46)32(38)22(3)4/h9-16,19-22,29-32H,5-8,17-18,37-38H2,1-4H3,(H,39,41)(H,40,42)/t29-,30-,31-,32-/m0/s1. The summed E-state index contributed by atoms with van der Waals surface area (Å²) in [5.74, 6) is 1.80. The topological polar surface area (TPSA) is 150 Å². The van der Waals surface area contributed by atoms with Crippen LogP contribution in [-0.2, 0) is 9.59 Å². The van der Waals surface area contributed by atoms with Crippen LogP contribution < -0.4 is 11.5 Å². The Kier molecular flexibility index (Phi) is 9.11. The van der Waals surface area contributed by atoms with Crippen molar-refractivity contribution in [3.8, 4) is 33.6 Å². The highest BCUT2D eigenvalue weighted by Gasteiger charge is 2.36. The maximum absolute atomic E-state index is 13.0. The number of likely N-dealkylation sites (tertiary alicyclic amines) is 2. The van der Waals surface area contributed by atoms with Crippen molar-refractivity contribution in [1.29, 1.82) is 0 Å². The third-order valence-corrected chi connectivity index (χ3v) is 9.63. The second kappa shape index (κ2) is 13.2. The van der Waals surface area contributed by atoms with E-state index in [-0.39, 0.29) is 35.7 Å². The molecule has 0 radical (unpaired) electrons. The molecule has 0 bridgehead atoms. The van der Waals surface area contributed by atoms with Crippen LogP contribution in [0, 0.1) is 11.8 Å². The Bertz CT molecular complexity index is 1530. The SMILES string of the molecule is CC(C)[C@H](N)C(=O)N1CCC[C@H]1c1ncc(-c2ccc(-c3ccc(-c4cnc([C@@H]5CCCN5C(=O)[C@@H](N)C(C)C)[nH]4)cc3)cc2)[nH]1. The molecule has 242 valence electrons. The van der Waals surface area contributed by atoms with Gasteiger partial charge in [0, 0.05) is 13.1 Å². The van der Waals surface area contributed by atoms with Gasteiger partial charge < -0.3 is 31.2 Å². The molecule has 2 saturated heterocycles. The van der Waals surface area contributed by atoms with Crippen LogP contribution in [0.3, 0.4) is 0 Å². The summed E-state index contributed by atoms with van der Waals surface area (Å²) in [7, 11) is 0. The zero-order chi connectivity index (χ0) is 32.5. The molecule has 6 rings (SSSR count). The van der Waals surface area contributed by atoms with Gasteiger partial charge in [0.15, 0.2) is 0 Å². The van der Waals surface area contributed by atoms with Gasteiger partial charge in [0.05, 0.1) is 47.9 Å². The van der Waals surface area contributed by atoms with Gasteiger partial charge in [-0.15, -0.1) is 0 Å². The molecule has 46 heavy (non-hydrogen) atoms. The summed E-state index contributed by atoms with van der Waals surface area (Å²) in [5, 5.41) is 0. The number of nitrogens with zero attached hydrogens (tertiary/aromatic N) is 4. The number of carbonyl (C=O) groups excluding carboxylic acids is 2. The number of rotatable bonds is 9. The Morgan fingerprint density at radius 3 is 1.35 bits per heavy atom. The van der Waals surface area contributed by atoms with Crippen LogP contribution in [0.1, 0.15) is 77.1 Å². The number of benzene rings is 2. The van der Waals surface area contributed by atoms with Crippen molar-refractivity contribution >= 4 is 11.8 Å². The summed E-state index contributed by atoms with van der Waals surface area (Å²) in [6.45, 7) is 9.34. The third kappa shape index (κ3) is 6.24. The van der Waals surface area contributed by atoms with Gasteiger partial charge in [-0.1, -0.05) is 76.2 Å². The molecule has 0 saturated carbocycles. The molecule has 2 aromatic heterocycles. The largest absolute Gasteiger partial charge is 0.340 e. The van der Waals surface area contributed by atoms with E-state index in [0.29, 0.717) is 13.1 Å². The number of amides is 2. The number of nitrogens with two attached hydrogens (primary N) is 2. The molecule has 2 amide bonds. The lowest BCUT2D eigenvalue weighted by Crippen LogP contribution is -2.46. The molecular formula is C36H46N8O2. The Morgan fingerprint density at radius 1 is 0.652 bits per heavy atom. The number of imidazole rings is 2. The van der Waals surface area contributed by atoms with Crippen LogP contribution in [0.15, 0.2) is 60.9 Å². The average Bonchev–Trinajstić information content (AvgIpc) is 3.89. The summed E-state index contributed by atoms with van der Waals surface area (Å²) >= 11 is 0. The molecule has 4 heterocycles. The van der Waals surface area contributed by atoms with Gasteiger partial charge in [0.1, 0.15) is 11.6 Å². The number of aromatic amines is 2. The van der Waals surface area contributed by atoms with Crippen LogP contribution in [0.4, 0.5) is 0 Å². The van der Waals surface area contributed by atoms with Crippen LogP contribution in [-0.4, -0.2) is 66.7 Å². The lowest BCUT2D eigenvalue weighted by Gasteiger charge is -2.27. The smallest absolute Gasteiger partial charge is 0.240 e. The predicted octanol–water partition coefficient (Wildman–Crippen LogP) is 5.43. The van der Waals surface area contributed by atoms with Crippen molar-refractivity contribution in [3.05, 3.63) is 72.6 Å². The molecule has 0 aliphatic carbocycles. The fraction of sp³-hybridized carbons (Fsp3) is 0.444. The van der Waals surface area contributed by atoms with E-state index in [0.717, 1.165) is 71.0 Å². The molecule has 4 aromatic rings. The molecule has 2 aliphatic rings. The fourth-order valence-corrected chi connectivity index (χ4v) is 6.57. The molecular weight excluding hydrogens is 576 g/mol. The first-order chi connectivity index (χ1) is 22.1. The summed E-state index contributed by atoms with van der Waals surface area (Å²) < 4.78 is 0. The van der Waals surface area contributed by atoms with Gasteiger partial charge in [0.25, 0.3) is 0 Å². The van der Waals surface area contributed by atoms with Gasteiger partial charge in [-0.25, -0.2) is 9.97 Å². The quantitative estimate of drug-likeness (QED) is 0.196. The van der Waals surface area contributed by atoms with Gasteiger partial charge in [-0.2, -0.15) is 0 Å². The third-order valence-electron chi connectivity index (χ3n) is 9.63. The molecule has 6 N–H and O–H groups in total. The van der Waals surface area contributed by atoms with Gasteiger partial charge in [-0.05, 0) is 59.8 Å². The van der Waals surface area contributed by atoms with Crippen LogP contribution in [0.2, 0.25) is 0 Å². The number of hydrogen-bond acceptors (Lipinski definition) is 6. The number of hydrogen-bond donors (Lipinski definition) is 4. The van der Waals surface area contributed by atoms with Crippen molar-refractivity contribution in [2.75, 3.05) is 13.1 Å². The number of carbonyl (C=O) groups is 2. The Labute approximate surface area is 271 Å². The maximum Gasteiger partial charge on any atom is 0.240 e. The van der Waals surface area contributed by atoms with Crippen molar-refractivity contribution in [3.63, 3.8) is 0 Å². The minimum atomic E-state index is -0.497. The molecule has 0 spiro atoms. The van der Waals surface area contributed by atoms with E-state index in [1.807, 2.05) is 49.9 Å². The lowest BCUT2D eigenvalue weighted by molar-refractivity contribution is -0.135. The van der Waals surface area contributed by atoms with Crippen molar-refractivity contribution in [1.82, 2.24) is 29.7 Å². The van der Waals surface area contributed by atoms with E-state index in [1.54, 1.807) is 0 Å². The zero-order valence-electron chi connectivity index (χ0n) is 27.2. The Morgan fingerprint density at radius 2 is 1.00 bits per heavy atom. The summed E-state index contributed by atoms with van der Waals surface area (Å²) in [6, 6.07) is 15.7. The second-order valence-corrected chi connectivity index (χ2v) is 13.4. The van der Waals surface area contributed by atoms with E-state index in [9.17, 15) is 9.59 Å². The molecule has 2 fully saturated rings. The van der Waals surface area contributed by atoms with Crippen molar-refractivity contribution < 1.29 is 9.59 Å². The molecule has 2 aliphatic heterocycles. The highest BCUT2D eigenvalue weighted by atomic mass is 16.2. The van der Waals surface area contributed by atoms with Crippen LogP contribution in [0.5, 0.6) is 0 Å². The van der Waals surface area contributed by atoms with Gasteiger partial charge in [0.2, 0.25) is 11.8 Å². The molecule has 10 heteroatoms. The lowest BCUT2D eigenvalue weighted by atomic mass is 10.0. The van der Waals surface area contributed by atoms with E-state index in [2.05, 4.69) is 68.5 Å². The Hall–Kier alpha value is -4.28. The van der Waals surface area contributed by atoms with Crippen LogP contribution >= 0.6 is 0 Å². The molecule has 2 aromatic carbocycles. The highest BCUT2D eigenvalue weighted by molar-refractivity contribution is 5.83. The summed E-state index contributed by atoms with van der Waals surface area (Å²) in [4.78, 5) is 46.0. The number of H-pyrrole nitrogens is 2. The van der Waals surface area contributed by atoms with Crippen LogP contribution in [0.25, 0.3) is 33.6 Å².